The fourth-order valence-corrected chi connectivity index (χ4v) is 2.23. The van der Waals surface area contributed by atoms with Crippen LogP contribution in [0.1, 0.15) is 26.7 Å². The fourth-order valence-electron chi connectivity index (χ4n) is 2.23. The summed E-state index contributed by atoms with van der Waals surface area (Å²) in [4.78, 5) is 10.8. The van der Waals surface area contributed by atoms with E-state index in [1.54, 1.807) is 18.2 Å². The van der Waals surface area contributed by atoms with Crippen molar-refractivity contribution in [1.82, 2.24) is 0 Å². The van der Waals surface area contributed by atoms with Gasteiger partial charge in [-0.1, -0.05) is 13.0 Å². The van der Waals surface area contributed by atoms with Crippen molar-refractivity contribution in [2.75, 3.05) is 18.5 Å². The van der Waals surface area contributed by atoms with Gasteiger partial charge in [0.15, 0.2) is 5.75 Å². The highest BCUT2D eigenvalue weighted by atomic mass is 16.6. The molecule has 1 aliphatic carbocycles. The Balaban J connectivity index is 2.13. The first kappa shape index (κ1) is 13.6. The molecule has 0 spiro atoms. The molecule has 19 heavy (non-hydrogen) atoms. The van der Waals surface area contributed by atoms with Gasteiger partial charge in [-0.3, -0.25) is 10.1 Å². The topological polar surface area (TPSA) is 64.4 Å². The van der Waals surface area contributed by atoms with Gasteiger partial charge < -0.3 is 10.1 Å². The van der Waals surface area contributed by atoms with E-state index in [4.69, 9.17) is 4.74 Å². The van der Waals surface area contributed by atoms with Crippen molar-refractivity contribution < 1.29 is 9.66 Å². The number of rotatable bonds is 7. The minimum Gasteiger partial charge on any atom is -0.487 e. The Bertz CT molecular complexity index is 458. The second kappa shape index (κ2) is 5.91. The number of nitrogens with zero attached hydrogens (tertiary/aromatic N) is 1. The summed E-state index contributed by atoms with van der Waals surface area (Å²) in [5.74, 6) is 1.66. The van der Waals surface area contributed by atoms with Crippen LogP contribution in [0.2, 0.25) is 0 Å². The summed E-state index contributed by atoms with van der Waals surface area (Å²) < 4.78 is 5.32. The molecule has 1 aromatic rings. The summed E-state index contributed by atoms with van der Waals surface area (Å²) in [6, 6.07) is 5.15. The normalized spacial score (nSPS) is 15.9. The number of nitro benzene ring substituents is 1. The highest BCUT2D eigenvalue weighted by Gasteiger charge is 2.28. The molecule has 0 heterocycles. The lowest BCUT2D eigenvalue weighted by Gasteiger charge is -2.14. The largest absolute Gasteiger partial charge is 0.487 e. The Kier molecular flexibility index (Phi) is 4.24. The van der Waals surface area contributed by atoms with Gasteiger partial charge >= 0.3 is 5.69 Å². The first-order chi connectivity index (χ1) is 9.13. The maximum absolute atomic E-state index is 11.2. The van der Waals surface area contributed by atoms with Crippen LogP contribution in [0.5, 0.6) is 5.75 Å². The third kappa shape index (κ3) is 3.36. The van der Waals surface area contributed by atoms with Crippen molar-refractivity contribution in [1.29, 1.82) is 0 Å². The summed E-state index contributed by atoms with van der Waals surface area (Å²) in [6.07, 6.45) is 2.56. The van der Waals surface area contributed by atoms with Crippen molar-refractivity contribution in [2.45, 2.75) is 26.7 Å². The minimum atomic E-state index is -0.380. The third-order valence-electron chi connectivity index (χ3n) is 3.52. The van der Waals surface area contributed by atoms with E-state index in [9.17, 15) is 10.1 Å². The average Bonchev–Trinajstić information content (AvgIpc) is 3.20. The van der Waals surface area contributed by atoms with Crippen molar-refractivity contribution in [3.8, 4) is 5.75 Å². The maximum atomic E-state index is 11.2. The molecule has 1 fully saturated rings. The van der Waals surface area contributed by atoms with E-state index in [1.807, 2.05) is 6.92 Å². The zero-order valence-electron chi connectivity index (χ0n) is 11.4. The molecule has 0 aliphatic heterocycles. The first-order valence-corrected chi connectivity index (χ1v) is 6.77. The Morgan fingerprint density at radius 2 is 2.26 bits per heavy atom. The van der Waals surface area contributed by atoms with Gasteiger partial charge in [0, 0.05) is 6.54 Å². The van der Waals surface area contributed by atoms with Crippen LogP contribution in [0.3, 0.4) is 0 Å². The molecule has 0 aromatic heterocycles. The molecule has 5 heteroatoms. The van der Waals surface area contributed by atoms with Gasteiger partial charge in [0.1, 0.15) is 5.69 Å². The second-order valence-electron chi connectivity index (χ2n) is 5.04. The number of nitrogens with one attached hydrogen (secondary N) is 1. The van der Waals surface area contributed by atoms with Gasteiger partial charge in [0.2, 0.25) is 0 Å². The SMILES string of the molecule is CCOc1cccc(NCC(C)C2CC2)c1[N+](=O)[O-]. The van der Waals surface area contributed by atoms with Crippen LogP contribution < -0.4 is 10.1 Å². The predicted octanol–water partition coefficient (Wildman–Crippen LogP) is 3.45. The summed E-state index contributed by atoms with van der Waals surface area (Å²) in [7, 11) is 0. The molecule has 104 valence electrons. The van der Waals surface area contributed by atoms with Crippen LogP contribution in [-0.4, -0.2) is 18.1 Å². The van der Waals surface area contributed by atoms with Gasteiger partial charge in [-0.05, 0) is 43.7 Å². The minimum absolute atomic E-state index is 0.0346. The Hall–Kier alpha value is -1.78. The summed E-state index contributed by atoms with van der Waals surface area (Å²) >= 11 is 0. The fraction of sp³-hybridized carbons (Fsp3) is 0.571. The molecule has 1 aliphatic rings. The van der Waals surface area contributed by atoms with Crippen molar-refractivity contribution in [2.24, 2.45) is 11.8 Å². The quantitative estimate of drug-likeness (QED) is 0.605. The van der Waals surface area contributed by atoms with Crippen LogP contribution in [0.15, 0.2) is 18.2 Å². The van der Waals surface area contributed by atoms with E-state index in [2.05, 4.69) is 12.2 Å². The second-order valence-corrected chi connectivity index (χ2v) is 5.04. The van der Waals surface area contributed by atoms with Gasteiger partial charge in [-0.15, -0.1) is 0 Å². The molecule has 0 saturated heterocycles. The predicted molar refractivity (Wildman–Crippen MR) is 74.6 cm³/mol. The summed E-state index contributed by atoms with van der Waals surface area (Å²) in [5.41, 5.74) is 0.579. The van der Waals surface area contributed by atoms with Crippen molar-refractivity contribution in [3.05, 3.63) is 28.3 Å². The van der Waals surface area contributed by atoms with Crippen molar-refractivity contribution >= 4 is 11.4 Å². The molecule has 1 saturated carbocycles. The van der Waals surface area contributed by atoms with Crippen LogP contribution in [0.4, 0.5) is 11.4 Å². The van der Waals surface area contributed by atoms with Crippen LogP contribution in [-0.2, 0) is 0 Å². The van der Waals surface area contributed by atoms with E-state index in [1.165, 1.54) is 12.8 Å². The number of hydrogen-bond donors (Lipinski definition) is 1. The lowest BCUT2D eigenvalue weighted by molar-refractivity contribution is -0.384. The standard InChI is InChI=1S/C14H20N2O3/c1-3-19-13-6-4-5-12(14(13)16(17)18)15-9-10(2)11-7-8-11/h4-6,10-11,15H,3,7-9H2,1-2H3. The zero-order chi connectivity index (χ0) is 13.8. The molecule has 1 unspecified atom stereocenters. The first-order valence-electron chi connectivity index (χ1n) is 6.77. The van der Waals surface area contributed by atoms with Crippen LogP contribution >= 0.6 is 0 Å². The number of nitro groups is 1. The molecule has 2 rings (SSSR count). The van der Waals surface area contributed by atoms with Gasteiger partial charge in [-0.2, -0.15) is 0 Å². The molecule has 1 atom stereocenters. The molecule has 1 N–H and O–H groups in total. The molecule has 0 amide bonds. The van der Waals surface area contributed by atoms with Crippen molar-refractivity contribution in [3.63, 3.8) is 0 Å². The zero-order valence-corrected chi connectivity index (χ0v) is 11.4. The Morgan fingerprint density at radius 3 is 2.84 bits per heavy atom. The molecular formula is C14H20N2O3. The molecule has 1 aromatic carbocycles. The molecule has 5 nitrogen and oxygen atoms in total. The Labute approximate surface area is 113 Å². The lowest BCUT2D eigenvalue weighted by Crippen LogP contribution is -2.14. The average molecular weight is 264 g/mol. The highest BCUT2D eigenvalue weighted by molar-refractivity contribution is 5.68. The number of anilines is 1. The number of para-hydroxylation sites is 1. The highest BCUT2D eigenvalue weighted by Crippen LogP contribution is 2.38. The monoisotopic (exact) mass is 264 g/mol. The number of hydrogen-bond acceptors (Lipinski definition) is 4. The van der Waals surface area contributed by atoms with E-state index in [-0.39, 0.29) is 10.6 Å². The van der Waals surface area contributed by atoms with E-state index in [0.29, 0.717) is 24.0 Å². The Morgan fingerprint density at radius 1 is 1.53 bits per heavy atom. The smallest absolute Gasteiger partial charge is 0.333 e. The van der Waals surface area contributed by atoms with E-state index in [0.717, 1.165) is 12.5 Å². The summed E-state index contributed by atoms with van der Waals surface area (Å²) in [6.45, 7) is 5.19. The number of ether oxygens (including phenoxy) is 1. The van der Waals surface area contributed by atoms with Crippen LogP contribution in [0.25, 0.3) is 0 Å². The molecule has 0 radical (unpaired) electrons. The van der Waals surface area contributed by atoms with Gasteiger partial charge in [0.25, 0.3) is 0 Å². The van der Waals surface area contributed by atoms with Crippen LogP contribution in [0, 0.1) is 22.0 Å². The van der Waals surface area contributed by atoms with Gasteiger partial charge in [-0.25, -0.2) is 0 Å². The lowest BCUT2D eigenvalue weighted by atomic mass is 10.1. The van der Waals surface area contributed by atoms with E-state index >= 15 is 0 Å². The van der Waals surface area contributed by atoms with E-state index < -0.39 is 0 Å². The third-order valence-corrected chi connectivity index (χ3v) is 3.52. The summed E-state index contributed by atoms with van der Waals surface area (Å²) in [5, 5.41) is 14.4. The molecular weight excluding hydrogens is 244 g/mol. The maximum Gasteiger partial charge on any atom is 0.333 e. The molecule has 0 bridgehead atoms. The van der Waals surface area contributed by atoms with Gasteiger partial charge in [0.05, 0.1) is 11.5 Å². The number of benzene rings is 1.